The van der Waals surface area contributed by atoms with Gasteiger partial charge in [-0.05, 0) is 31.2 Å². The smallest absolute Gasteiger partial charge is 0.248 e. The molecule has 1 amide bonds. The van der Waals surface area contributed by atoms with Crippen LogP contribution in [0.2, 0.25) is 5.02 Å². The second kappa shape index (κ2) is 9.02. The minimum absolute atomic E-state index is 0.165. The first-order valence-electron chi connectivity index (χ1n) is 9.16. The fourth-order valence-corrected chi connectivity index (χ4v) is 3.59. The van der Waals surface area contributed by atoms with Crippen LogP contribution in [0.5, 0.6) is 0 Å². The van der Waals surface area contributed by atoms with E-state index in [0.29, 0.717) is 5.02 Å². The Kier molecular flexibility index (Phi) is 6.47. The highest BCUT2D eigenvalue weighted by atomic mass is 35.5. The lowest BCUT2D eigenvalue weighted by atomic mass is 9.77. The van der Waals surface area contributed by atoms with Crippen LogP contribution in [0.15, 0.2) is 78.9 Å². The Hall–Kier alpha value is -2.66. The van der Waals surface area contributed by atoms with Gasteiger partial charge in [0.25, 0.3) is 0 Å². The van der Waals surface area contributed by atoms with E-state index in [1.165, 1.54) is 0 Å². The normalized spacial score (nSPS) is 13.0. The number of hydrazine groups is 1. The van der Waals surface area contributed by atoms with E-state index in [2.05, 4.69) is 40.4 Å². The molecule has 28 heavy (non-hydrogen) atoms. The number of carbonyl (C=O) groups excluding carboxylic acids is 1. The molecular formula is C23H24ClN3O. The topological polar surface area (TPSA) is 53.2 Å². The summed E-state index contributed by atoms with van der Waals surface area (Å²) in [5, 5.41) is 3.48. The zero-order valence-electron chi connectivity index (χ0n) is 16.0. The van der Waals surface area contributed by atoms with Crippen LogP contribution in [0.3, 0.4) is 0 Å². The van der Waals surface area contributed by atoms with Gasteiger partial charge in [-0.3, -0.25) is 10.2 Å². The molecule has 3 aromatic carbocycles. The minimum Gasteiger partial charge on any atom is -0.311 e. The zero-order chi connectivity index (χ0) is 20.0. The molecular weight excluding hydrogens is 370 g/mol. The third kappa shape index (κ3) is 4.09. The summed E-state index contributed by atoms with van der Waals surface area (Å²) in [7, 11) is 1.73. The fourth-order valence-electron chi connectivity index (χ4n) is 3.31. The Morgan fingerprint density at radius 2 is 1.50 bits per heavy atom. The summed E-state index contributed by atoms with van der Waals surface area (Å²) in [6, 6.07) is 25.9. The largest absolute Gasteiger partial charge is 0.311 e. The third-order valence-corrected chi connectivity index (χ3v) is 5.03. The quantitative estimate of drug-likeness (QED) is 0.423. The van der Waals surface area contributed by atoms with Gasteiger partial charge < -0.3 is 5.32 Å². The van der Waals surface area contributed by atoms with Crippen LogP contribution in [0.1, 0.15) is 22.3 Å². The van der Waals surface area contributed by atoms with E-state index in [-0.39, 0.29) is 12.5 Å². The van der Waals surface area contributed by atoms with E-state index in [4.69, 9.17) is 11.6 Å². The lowest BCUT2D eigenvalue weighted by molar-refractivity contribution is -0.121. The number of amides is 1. The molecule has 5 heteroatoms. The Labute approximate surface area is 170 Å². The number of hydrogen-bond acceptors (Lipinski definition) is 3. The lowest BCUT2D eigenvalue weighted by Gasteiger charge is -2.37. The molecule has 0 saturated heterocycles. The van der Waals surface area contributed by atoms with Crippen molar-refractivity contribution in [2.75, 3.05) is 13.6 Å². The second-order valence-corrected chi connectivity index (χ2v) is 7.07. The molecule has 0 aromatic heterocycles. The zero-order valence-corrected chi connectivity index (χ0v) is 16.8. The monoisotopic (exact) mass is 393 g/mol. The fraction of sp³-hybridized carbons (Fsp3) is 0.174. The molecule has 3 rings (SSSR count). The SMILES string of the molecule is CNCC(=O)NNC(c1ccccc1)(c1ccc(C)cc1)c1ccccc1Cl. The van der Waals surface area contributed by atoms with Gasteiger partial charge in [0.2, 0.25) is 5.91 Å². The maximum absolute atomic E-state index is 12.3. The standard InChI is InChI=1S/C23H24ClN3O/c1-17-12-14-19(15-13-17)23(18-8-4-3-5-9-18,27-26-22(28)16-25-2)20-10-6-7-11-21(20)24/h3-15,25,27H,16H2,1-2H3,(H,26,28). The van der Waals surface area contributed by atoms with Crippen LogP contribution in [-0.4, -0.2) is 19.5 Å². The molecule has 1 unspecified atom stereocenters. The van der Waals surface area contributed by atoms with E-state index in [1.54, 1.807) is 7.05 Å². The van der Waals surface area contributed by atoms with Gasteiger partial charge in [0.1, 0.15) is 5.54 Å². The first-order valence-corrected chi connectivity index (χ1v) is 9.54. The van der Waals surface area contributed by atoms with Crippen LogP contribution in [0, 0.1) is 6.92 Å². The molecule has 4 nitrogen and oxygen atoms in total. The van der Waals surface area contributed by atoms with Gasteiger partial charge in [-0.15, -0.1) is 0 Å². The molecule has 1 atom stereocenters. The Bertz CT molecular complexity index is 928. The van der Waals surface area contributed by atoms with Crippen LogP contribution in [-0.2, 0) is 10.3 Å². The van der Waals surface area contributed by atoms with Crippen molar-refractivity contribution in [2.45, 2.75) is 12.5 Å². The molecule has 0 aliphatic rings. The molecule has 3 aromatic rings. The molecule has 0 heterocycles. The molecule has 0 spiro atoms. The van der Waals surface area contributed by atoms with Gasteiger partial charge in [0, 0.05) is 10.6 Å². The number of likely N-dealkylation sites (N-methyl/N-ethyl adjacent to an activating group) is 1. The first-order chi connectivity index (χ1) is 13.6. The van der Waals surface area contributed by atoms with Crippen molar-refractivity contribution in [2.24, 2.45) is 0 Å². The van der Waals surface area contributed by atoms with Gasteiger partial charge in [-0.1, -0.05) is 90.0 Å². The van der Waals surface area contributed by atoms with E-state index in [9.17, 15) is 4.79 Å². The van der Waals surface area contributed by atoms with Crippen LogP contribution < -0.4 is 16.2 Å². The average molecular weight is 394 g/mol. The number of hydrogen-bond donors (Lipinski definition) is 3. The van der Waals surface area contributed by atoms with Crippen molar-refractivity contribution >= 4 is 17.5 Å². The first kappa shape index (κ1) is 20.1. The summed E-state index contributed by atoms with van der Waals surface area (Å²) < 4.78 is 0. The highest BCUT2D eigenvalue weighted by Crippen LogP contribution is 2.39. The Balaban J connectivity index is 2.23. The molecule has 0 aliphatic heterocycles. The second-order valence-electron chi connectivity index (χ2n) is 6.67. The molecule has 0 saturated carbocycles. The van der Waals surface area contributed by atoms with Crippen molar-refractivity contribution in [1.82, 2.24) is 16.2 Å². The Morgan fingerprint density at radius 1 is 0.893 bits per heavy atom. The Morgan fingerprint density at radius 3 is 2.14 bits per heavy atom. The number of rotatable bonds is 7. The average Bonchev–Trinajstić information content (AvgIpc) is 2.72. The summed E-state index contributed by atoms with van der Waals surface area (Å²) in [5.74, 6) is -0.165. The van der Waals surface area contributed by atoms with Crippen molar-refractivity contribution in [1.29, 1.82) is 0 Å². The molecule has 0 aliphatic carbocycles. The van der Waals surface area contributed by atoms with Crippen molar-refractivity contribution < 1.29 is 4.79 Å². The molecule has 0 radical (unpaired) electrons. The van der Waals surface area contributed by atoms with Crippen molar-refractivity contribution in [3.05, 3.63) is 106 Å². The van der Waals surface area contributed by atoms with E-state index in [0.717, 1.165) is 22.3 Å². The van der Waals surface area contributed by atoms with E-state index in [1.807, 2.05) is 61.5 Å². The van der Waals surface area contributed by atoms with Gasteiger partial charge in [0.05, 0.1) is 6.54 Å². The summed E-state index contributed by atoms with van der Waals surface area (Å²) in [4.78, 5) is 12.3. The van der Waals surface area contributed by atoms with Gasteiger partial charge in [-0.25, -0.2) is 5.43 Å². The summed E-state index contributed by atoms with van der Waals surface area (Å²) in [6.07, 6.45) is 0. The predicted octanol–water partition coefficient (Wildman–Crippen LogP) is 3.78. The third-order valence-electron chi connectivity index (χ3n) is 4.70. The van der Waals surface area contributed by atoms with Gasteiger partial charge in [-0.2, -0.15) is 0 Å². The van der Waals surface area contributed by atoms with Crippen molar-refractivity contribution in [3.63, 3.8) is 0 Å². The number of halogens is 1. The summed E-state index contributed by atoms with van der Waals surface area (Å²) >= 11 is 6.65. The number of carbonyl (C=O) groups is 1. The molecule has 0 fully saturated rings. The van der Waals surface area contributed by atoms with E-state index >= 15 is 0 Å². The summed E-state index contributed by atoms with van der Waals surface area (Å²) in [5.41, 5.74) is 9.26. The van der Waals surface area contributed by atoms with Crippen LogP contribution in [0.25, 0.3) is 0 Å². The van der Waals surface area contributed by atoms with Crippen molar-refractivity contribution in [3.8, 4) is 0 Å². The predicted molar refractivity (Wildman–Crippen MR) is 114 cm³/mol. The van der Waals surface area contributed by atoms with Crippen LogP contribution >= 0.6 is 11.6 Å². The lowest BCUT2D eigenvalue weighted by Crippen LogP contribution is -2.55. The molecule has 0 bridgehead atoms. The van der Waals surface area contributed by atoms with Crippen LogP contribution in [0.4, 0.5) is 0 Å². The van der Waals surface area contributed by atoms with E-state index < -0.39 is 5.54 Å². The van der Waals surface area contributed by atoms with Gasteiger partial charge in [0.15, 0.2) is 0 Å². The van der Waals surface area contributed by atoms with Gasteiger partial charge >= 0.3 is 0 Å². The number of aryl methyl sites for hydroxylation is 1. The summed E-state index contributed by atoms with van der Waals surface area (Å²) in [6.45, 7) is 2.25. The highest BCUT2D eigenvalue weighted by Gasteiger charge is 2.38. The maximum atomic E-state index is 12.3. The maximum Gasteiger partial charge on any atom is 0.248 e. The highest BCUT2D eigenvalue weighted by molar-refractivity contribution is 6.31. The minimum atomic E-state index is -0.850. The number of benzene rings is 3. The number of nitrogens with one attached hydrogen (secondary N) is 3. The molecule has 144 valence electrons. The molecule has 3 N–H and O–H groups in total.